The minimum atomic E-state index is -0.918. The van der Waals surface area contributed by atoms with Gasteiger partial charge in [-0.2, -0.15) is 0 Å². The molecule has 1 aliphatic carbocycles. The molecule has 0 radical (unpaired) electrons. The number of nitrogens with one attached hydrogen (secondary N) is 2. The van der Waals surface area contributed by atoms with E-state index >= 15 is 0 Å². The Morgan fingerprint density at radius 2 is 2.00 bits per heavy atom. The third-order valence-electron chi connectivity index (χ3n) is 5.50. The Bertz CT molecular complexity index is 951. The Labute approximate surface area is 180 Å². The smallest absolute Gasteiger partial charge is 0.303 e. The molecule has 1 atom stereocenters. The zero-order valence-corrected chi connectivity index (χ0v) is 18.2. The lowest BCUT2D eigenvalue weighted by molar-refractivity contribution is -0.137. The van der Waals surface area contributed by atoms with Gasteiger partial charge in [-0.25, -0.2) is 0 Å². The quantitative estimate of drug-likeness (QED) is 0.550. The molecule has 0 aliphatic heterocycles. The molecule has 2 amide bonds. The number of benzene rings is 1. The zero-order chi connectivity index (χ0) is 21.7. The standard InChI is InChI=1S/C23H28N2O4S/c1-3-15-10-11-17-18(13-15)30-23(25-19(26)8-5-9-20(27)28)21(17)22(29)24-16-7-4-6-14(2)12-16/h4,6-7,12,15H,3,5,8-11,13H2,1-2H3,(H,24,29)(H,25,26)(H,27,28)/t15-/m0/s1. The van der Waals surface area contributed by atoms with Crippen LogP contribution in [0.25, 0.3) is 0 Å². The fraction of sp³-hybridized carbons (Fsp3) is 0.435. The second-order valence-electron chi connectivity index (χ2n) is 7.84. The Morgan fingerprint density at radius 3 is 2.70 bits per heavy atom. The van der Waals surface area contributed by atoms with Gasteiger partial charge in [0.15, 0.2) is 0 Å². The largest absolute Gasteiger partial charge is 0.481 e. The van der Waals surface area contributed by atoms with Crippen molar-refractivity contribution in [3.63, 3.8) is 0 Å². The number of aryl methyl sites for hydroxylation is 1. The topological polar surface area (TPSA) is 95.5 Å². The fourth-order valence-electron chi connectivity index (χ4n) is 3.84. The van der Waals surface area contributed by atoms with Crippen LogP contribution in [0.15, 0.2) is 24.3 Å². The van der Waals surface area contributed by atoms with Gasteiger partial charge in [0, 0.05) is 23.4 Å². The first kappa shape index (κ1) is 22.0. The molecule has 160 valence electrons. The van der Waals surface area contributed by atoms with E-state index in [2.05, 4.69) is 17.6 Å². The summed E-state index contributed by atoms with van der Waals surface area (Å²) in [7, 11) is 0. The zero-order valence-electron chi connectivity index (χ0n) is 17.4. The third kappa shape index (κ3) is 5.48. The summed E-state index contributed by atoms with van der Waals surface area (Å²) in [5.41, 5.74) is 3.37. The number of hydrogen-bond donors (Lipinski definition) is 3. The van der Waals surface area contributed by atoms with Gasteiger partial charge in [-0.05, 0) is 61.8 Å². The molecule has 1 aliphatic rings. The van der Waals surface area contributed by atoms with E-state index in [4.69, 9.17) is 5.11 Å². The van der Waals surface area contributed by atoms with Crippen molar-refractivity contribution in [2.45, 2.75) is 58.8 Å². The maximum atomic E-state index is 13.2. The van der Waals surface area contributed by atoms with Crippen molar-refractivity contribution in [2.24, 2.45) is 5.92 Å². The van der Waals surface area contributed by atoms with Gasteiger partial charge in [-0.3, -0.25) is 14.4 Å². The van der Waals surface area contributed by atoms with E-state index in [9.17, 15) is 14.4 Å². The highest BCUT2D eigenvalue weighted by Crippen LogP contribution is 2.41. The van der Waals surface area contributed by atoms with Crippen LogP contribution in [0.2, 0.25) is 0 Å². The van der Waals surface area contributed by atoms with Gasteiger partial charge in [0.25, 0.3) is 5.91 Å². The molecule has 0 saturated carbocycles. The number of thiophene rings is 1. The van der Waals surface area contributed by atoms with Gasteiger partial charge in [-0.1, -0.05) is 25.5 Å². The Balaban J connectivity index is 1.83. The van der Waals surface area contributed by atoms with E-state index in [0.717, 1.165) is 42.5 Å². The summed E-state index contributed by atoms with van der Waals surface area (Å²) in [4.78, 5) is 37.4. The molecule has 1 aromatic carbocycles. The molecular formula is C23H28N2O4S. The van der Waals surface area contributed by atoms with Crippen molar-refractivity contribution in [2.75, 3.05) is 10.6 Å². The number of carboxylic acids is 1. The van der Waals surface area contributed by atoms with Crippen molar-refractivity contribution in [1.29, 1.82) is 0 Å². The Kier molecular flexibility index (Phi) is 7.26. The first-order chi connectivity index (χ1) is 14.4. The lowest BCUT2D eigenvalue weighted by Gasteiger charge is -2.21. The van der Waals surface area contributed by atoms with Crippen molar-refractivity contribution in [3.8, 4) is 0 Å². The highest BCUT2D eigenvalue weighted by molar-refractivity contribution is 7.17. The number of carbonyl (C=O) groups is 3. The molecule has 0 unspecified atom stereocenters. The second kappa shape index (κ2) is 9.89. The monoisotopic (exact) mass is 428 g/mol. The number of amides is 2. The summed E-state index contributed by atoms with van der Waals surface area (Å²) in [6, 6.07) is 7.62. The van der Waals surface area contributed by atoms with E-state index in [1.807, 2.05) is 31.2 Å². The molecule has 0 fully saturated rings. The molecule has 1 aromatic heterocycles. The summed E-state index contributed by atoms with van der Waals surface area (Å²) < 4.78 is 0. The molecule has 0 bridgehead atoms. The lowest BCUT2D eigenvalue weighted by Crippen LogP contribution is -2.19. The highest BCUT2D eigenvalue weighted by Gasteiger charge is 2.29. The number of fused-ring (bicyclic) bond motifs is 1. The van der Waals surface area contributed by atoms with Crippen LogP contribution in [-0.2, 0) is 22.4 Å². The summed E-state index contributed by atoms with van der Waals surface area (Å²) >= 11 is 1.48. The van der Waals surface area contributed by atoms with Gasteiger partial charge in [0.2, 0.25) is 5.91 Å². The SMILES string of the molecule is CC[C@H]1CCc2c(sc(NC(=O)CCCC(=O)O)c2C(=O)Nc2cccc(C)c2)C1. The van der Waals surface area contributed by atoms with Crippen LogP contribution in [0.1, 0.15) is 65.4 Å². The van der Waals surface area contributed by atoms with Crippen molar-refractivity contribution >= 4 is 39.8 Å². The molecule has 6 nitrogen and oxygen atoms in total. The number of aliphatic carboxylic acids is 1. The normalized spacial score (nSPS) is 15.3. The Morgan fingerprint density at radius 1 is 1.20 bits per heavy atom. The highest BCUT2D eigenvalue weighted by atomic mass is 32.1. The van der Waals surface area contributed by atoms with Crippen molar-refractivity contribution in [3.05, 3.63) is 45.8 Å². The predicted octanol–water partition coefficient (Wildman–Crippen LogP) is 5.02. The molecule has 7 heteroatoms. The van der Waals surface area contributed by atoms with E-state index < -0.39 is 5.97 Å². The Hall–Kier alpha value is -2.67. The average Bonchev–Trinajstić information content (AvgIpc) is 3.04. The van der Waals surface area contributed by atoms with Crippen LogP contribution in [0.3, 0.4) is 0 Å². The predicted molar refractivity (Wildman–Crippen MR) is 119 cm³/mol. The molecule has 0 spiro atoms. The van der Waals surface area contributed by atoms with Gasteiger partial charge < -0.3 is 15.7 Å². The first-order valence-electron chi connectivity index (χ1n) is 10.4. The number of anilines is 2. The van der Waals surface area contributed by atoms with Crippen molar-refractivity contribution < 1.29 is 19.5 Å². The minimum Gasteiger partial charge on any atom is -0.481 e. The van der Waals surface area contributed by atoms with E-state index in [1.165, 1.54) is 16.2 Å². The number of rotatable bonds is 8. The number of carboxylic acid groups (broad SMARTS) is 1. The van der Waals surface area contributed by atoms with Crippen LogP contribution in [0.5, 0.6) is 0 Å². The molecular weight excluding hydrogens is 400 g/mol. The molecule has 0 saturated heterocycles. The van der Waals surface area contributed by atoms with Crippen LogP contribution in [0.4, 0.5) is 10.7 Å². The number of hydrogen-bond acceptors (Lipinski definition) is 4. The maximum absolute atomic E-state index is 13.2. The summed E-state index contributed by atoms with van der Waals surface area (Å²) in [6.07, 6.45) is 4.23. The van der Waals surface area contributed by atoms with Crippen LogP contribution >= 0.6 is 11.3 Å². The molecule has 2 aromatic rings. The molecule has 30 heavy (non-hydrogen) atoms. The molecule has 3 rings (SSSR count). The van der Waals surface area contributed by atoms with Crippen LogP contribution in [-0.4, -0.2) is 22.9 Å². The van der Waals surface area contributed by atoms with E-state index in [-0.39, 0.29) is 31.1 Å². The first-order valence-corrected chi connectivity index (χ1v) is 11.2. The summed E-state index contributed by atoms with van der Waals surface area (Å²) in [6.45, 7) is 4.15. The van der Waals surface area contributed by atoms with Gasteiger partial charge in [0.05, 0.1) is 5.56 Å². The van der Waals surface area contributed by atoms with Gasteiger partial charge in [0.1, 0.15) is 5.00 Å². The average molecular weight is 429 g/mol. The van der Waals surface area contributed by atoms with Crippen molar-refractivity contribution in [1.82, 2.24) is 0 Å². The lowest BCUT2D eigenvalue weighted by atomic mass is 9.85. The van der Waals surface area contributed by atoms with Gasteiger partial charge in [-0.15, -0.1) is 11.3 Å². The number of carbonyl (C=O) groups excluding carboxylic acids is 2. The minimum absolute atomic E-state index is 0.0484. The second-order valence-corrected chi connectivity index (χ2v) is 8.95. The third-order valence-corrected chi connectivity index (χ3v) is 6.66. The molecule has 3 N–H and O–H groups in total. The van der Waals surface area contributed by atoms with Gasteiger partial charge >= 0.3 is 5.97 Å². The fourth-order valence-corrected chi connectivity index (χ4v) is 5.21. The summed E-state index contributed by atoms with van der Waals surface area (Å²) in [5, 5.41) is 15.2. The molecule has 1 heterocycles. The van der Waals surface area contributed by atoms with Crippen LogP contribution < -0.4 is 10.6 Å². The van der Waals surface area contributed by atoms with Crippen LogP contribution in [0, 0.1) is 12.8 Å². The maximum Gasteiger partial charge on any atom is 0.303 e. The summed E-state index contributed by atoms with van der Waals surface area (Å²) in [5.74, 6) is -0.790. The van der Waals surface area contributed by atoms with E-state index in [1.54, 1.807) is 0 Å². The van der Waals surface area contributed by atoms with E-state index in [0.29, 0.717) is 16.5 Å².